The highest BCUT2D eigenvalue weighted by Gasteiger charge is 2.10. The molecule has 0 amide bonds. The van der Waals surface area contributed by atoms with Crippen LogP contribution in [0.15, 0.2) is 24.3 Å². The van der Waals surface area contributed by atoms with Crippen LogP contribution in [0.4, 0.5) is 0 Å². The van der Waals surface area contributed by atoms with Crippen molar-refractivity contribution in [2.75, 3.05) is 38.4 Å². The van der Waals surface area contributed by atoms with E-state index in [1.165, 1.54) is 7.11 Å². The molecule has 0 bridgehead atoms. The van der Waals surface area contributed by atoms with Crippen molar-refractivity contribution in [3.8, 4) is 5.75 Å². The minimum Gasteiger partial charge on any atom is -0.493 e. The number of ether oxygens (including phenoxy) is 2. The molecule has 108 valence electrons. The third kappa shape index (κ3) is 6.56. The molecule has 0 unspecified atom stereocenters. The first-order chi connectivity index (χ1) is 9.07. The Hall–Kier alpha value is -1.11. The Balaban J connectivity index is 2.36. The molecule has 5 nitrogen and oxygen atoms in total. The number of rotatable bonds is 9. The lowest BCUT2D eigenvalue weighted by atomic mass is 10.1. The maximum absolute atomic E-state index is 11.5. The molecule has 0 aromatic heterocycles. The quantitative estimate of drug-likeness (QED) is 0.720. The minimum atomic E-state index is -3.10. The summed E-state index contributed by atoms with van der Waals surface area (Å²) >= 11 is 0. The Morgan fingerprint density at radius 2 is 1.74 bits per heavy atom. The minimum absolute atomic E-state index is 0.000904. The molecule has 19 heavy (non-hydrogen) atoms. The maximum atomic E-state index is 11.5. The highest BCUT2D eigenvalue weighted by Crippen LogP contribution is 2.12. The summed E-state index contributed by atoms with van der Waals surface area (Å²) in [4.78, 5) is 0. The molecule has 0 fully saturated rings. The van der Waals surface area contributed by atoms with Crippen LogP contribution in [0, 0.1) is 0 Å². The molecule has 1 aromatic carbocycles. The fourth-order valence-electron chi connectivity index (χ4n) is 1.52. The molecule has 1 aromatic rings. The van der Waals surface area contributed by atoms with Gasteiger partial charge in [-0.1, -0.05) is 12.1 Å². The molecule has 0 aliphatic rings. The molecule has 6 heteroatoms. The number of methoxy groups -OCH3 is 1. The van der Waals surface area contributed by atoms with Crippen LogP contribution in [0.1, 0.15) is 5.56 Å². The molecule has 0 heterocycles. The molecule has 0 spiro atoms. The molecular weight excluding hydrogens is 266 g/mol. The summed E-state index contributed by atoms with van der Waals surface area (Å²) in [6.07, 6.45) is 0.825. The SMILES string of the molecule is COCCS(=O)(=O)CCOc1ccc(CCN)cc1. The average molecular weight is 287 g/mol. The van der Waals surface area contributed by atoms with E-state index in [1.807, 2.05) is 24.3 Å². The third-order valence-electron chi connectivity index (χ3n) is 2.62. The van der Waals surface area contributed by atoms with Gasteiger partial charge in [0.15, 0.2) is 9.84 Å². The van der Waals surface area contributed by atoms with Gasteiger partial charge in [0.2, 0.25) is 0 Å². The second-order valence-corrected chi connectivity index (χ2v) is 6.48. The van der Waals surface area contributed by atoms with E-state index in [-0.39, 0.29) is 24.7 Å². The van der Waals surface area contributed by atoms with E-state index in [1.54, 1.807) is 0 Å². The van der Waals surface area contributed by atoms with Crippen LogP contribution in [-0.4, -0.2) is 46.8 Å². The second-order valence-electron chi connectivity index (χ2n) is 4.18. The molecule has 0 atom stereocenters. The van der Waals surface area contributed by atoms with Crippen LogP contribution in [0.25, 0.3) is 0 Å². The van der Waals surface area contributed by atoms with Gasteiger partial charge in [-0.2, -0.15) is 0 Å². The fraction of sp³-hybridized carbons (Fsp3) is 0.538. The number of nitrogens with two attached hydrogens (primary N) is 1. The van der Waals surface area contributed by atoms with Crippen molar-refractivity contribution in [1.82, 2.24) is 0 Å². The van der Waals surface area contributed by atoms with Crippen molar-refractivity contribution in [1.29, 1.82) is 0 Å². The van der Waals surface area contributed by atoms with Gasteiger partial charge >= 0.3 is 0 Å². The van der Waals surface area contributed by atoms with Crippen molar-refractivity contribution in [3.63, 3.8) is 0 Å². The van der Waals surface area contributed by atoms with E-state index >= 15 is 0 Å². The molecule has 0 aliphatic heterocycles. The summed E-state index contributed by atoms with van der Waals surface area (Å²) in [6.45, 7) is 0.982. The van der Waals surface area contributed by atoms with Crippen LogP contribution >= 0.6 is 0 Å². The first kappa shape index (κ1) is 15.9. The Morgan fingerprint density at radius 1 is 1.11 bits per heavy atom. The predicted octanol–water partition coefficient (Wildman–Crippen LogP) is 0.628. The predicted molar refractivity (Wildman–Crippen MR) is 75.2 cm³/mol. The van der Waals surface area contributed by atoms with Crippen LogP contribution in [0.2, 0.25) is 0 Å². The van der Waals surface area contributed by atoms with E-state index in [2.05, 4.69) is 0 Å². The summed E-state index contributed by atoms with van der Waals surface area (Å²) in [5.41, 5.74) is 6.60. The van der Waals surface area contributed by atoms with Gasteiger partial charge in [-0.3, -0.25) is 0 Å². The van der Waals surface area contributed by atoms with Crippen LogP contribution in [0.5, 0.6) is 5.75 Å². The molecule has 0 aliphatic carbocycles. The zero-order valence-electron chi connectivity index (χ0n) is 11.2. The van der Waals surface area contributed by atoms with E-state index in [0.717, 1.165) is 12.0 Å². The Kier molecular flexibility index (Phi) is 6.83. The van der Waals surface area contributed by atoms with Crippen LogP contribution < -0.4 is 10.5 Å². The highest BCUT2D eigenvalue weighted by molar-refractivity contribution is 7.91. The van der Waals surface area contributed by atoms with E-state index in [9.17, 15) is 8.42 Å². The van der Waals surface area contributed by atoms with Crippen molar-refractivity contribution in [2.45, 2.75) is 6.42 Å². The van der Waals surface area contributed by atoms with Crippen molar-refractivity contribution in [3.05, 3.63) is 29.8 Å². The first-order valence-electron chi connectivity index (χ1n) is 6.18. The Bertz CT molecular complexity index is 456. The Labute approximate surface area is 114 Å². The first-order valence-corrected chi connectivity index (χ1v) is 8.00. The summed E-state index contributed by atoms with van der Waals surface area (Å²) in [7, 11) is -1.62. The summed E-state index contributed by atoms with van der Waals surface area (Å²) in [6, 6.07) is 7.52. The largest absolute Gasteiger partial charge is 0.493 e. The van der Waals surface area contributed by atoms with Crippen LogP contribution in [-0.2, 0) is 21.0 Å². The average Bonchev–Trinajstić information content (AvgIpc) is 2.39. The number of benzene rings is 1. The molecule has 0 radical (unpaired) electrons. The lowest BCUT2D eigenvalue weighted by Gasteiger charge is -2.07. The molecule has 2 N–H and O–H groups in total. The van der Waals surface area contributed by atoms with Gasteiger partial charge < -0.3 is 15.2 Å². The lowest BCUT2D eigenvalue weighted by Crippen LogP contribution is -2.19. The normalized spacial score (nSPS) is 11.5. The van der Waals surface area contributed by atoms with Gasteiger partial charge in [-0.25, -0.2) is 8.42 Å². The third-order valence-corrected chi connectivity index (χ3v) is 4.20. The van der Waals surface area contributed by atoms with Gasteiger partial charge in [0.25, 0.3) is 0 Å². The summed E-state index contributed by atoms with van der Waals surface area (Å²) < 4.78 is 33.2. The lowest BCUT2D eigenvalue weighted by molar-refractivity contribution is 0.217. The topological polar surface area (TPSA) is 78.6 Å². The smallest absolute Gasteiger partial charge is 0.155 e. The van der Waals surface area contributed by atoms with E-state index in [0.29, 0.717) is 12.3 Å². The maximum Gasteiger partial charge on any atom is 0.155 e. The van der Waals surface area contributed by atoms with Gasteiger partial charge in [0.1, 0.15) is 12.4 Å². The fourth-order valence-corrected chi connectivity index (χ4v) is 2.48. The van der Waals surface area contributed by atoms with Crippen molar-refractivity contribution < 1.29 is 17.9 Å². The van der Waals surface area contributed by atoms with Gasteiger partial charge in [-0.15, -0.1) is 0 Å². The molecular formula is C13H21NO4S. The Morgan fingerprint density at radius 3 is 2.32 bits per heavy atom. The van der Waals surface area contributed by atoms with Gasteiger partial charge in [0.05, 0.1) is 18.1 Å². The highest BCUT2D eigenvalue weighted by atomic mass is 32.2. The zero-order chi connectivity index (χ0) is 14.1. The summed E-state index contributed by atoms with van der Waals surface area (Å²) in [5, 5.41) is 0. The molecule has 1 rings (SSSR count). The van der Waals surface area contributed by atoms with Crippen molar-refractivity contribution >= 4 is 9.84 Å². The number of hydrogen-bond acceptors (Lipinski definition) is 5. The van der Waals surface area contributed by atoms with Gasteiger partial charge in [-0.05, 0) is 30.7 Å². The molecule has 0 saturated carbocycles. The van der Waals surface area contributed by atoms with Gasteiger partial charge in [0, 0.05) is 7.11 Å². The molecule has 0 saturated heterocycles. The second kappa shape index (κ2) is 8.14. The standard InChI is InChI=1S/C13H21NO4S/c1-17-8-10-19(15,16)11-9-18-13-4-2-12(3-5-13)6-7-14/h2-5H,6-11,14H2,1H3. The van der Waals surface area contributed by atoms with E-state index < -0.39 is 9.84 Å². The number of hydrogen-bond donors (Lipinski definition) is 1. The zero-order valence-corrected chi connectivity index (χ0v) is 12.0. The summed E-state index contributed by atoms with van der Waals surface area (Å²) in [5.74, 6) is 0.700. The van der Waals surface area contributed by atoms with Crippen LogP contribution in [0.3, 0.4) is 0 Å². The number of sulfone groups is 1. The monoisotopic (exact) mass is 287 g/mol. The van der Waals surface area contributed by atoms with E-state index in [4.69, 9.17) is 15.2 Å². The van der Waals surface area contributed by atoms with Crippen molar-refractivity contribution in [2.24, 2.45) is 5.73 Å².